The van der Waals surface area contributed by atoms with Crippen molar-refractivity contribution < 1.29 is 13.2 Å². The topological polar surface area (TPSA) is 57.7 Å². The van der Waals surface area contributed by atoms with Crippen LogP contribution in [0.5, 0.6) is 0 Å². The van der Waals surface area contributed by atoms with Gasteiger partial charge in [0.05, 0.1) is 10.9 Å². The van der Waals surface area contributed by atoms with E-state index in [1.165, 1.54) is 0 Å². The summed E-state index contributed by atoms with van der Waals surface area (Å²) in [5.74, 6) is -0.0457. The van der Waals surface area contributed by atoms with Crippen molar-refractivity contribution in [3.05, 3.63) is 29.8 Å². The minimum atomic E-state index is -3.43. The maximum atomic E-state index is 13.1. The van der Waals surface area contributed by atoms with Crippen molar-refractivity contribution in [3.63, 3.8) is 0 Å². The summed E-state index contributed by atoms with van der Waals surface area (Å²) in [7, 11) is -3.43. The largest absolute Gasteiger partial charge is 0.341 e. The van der Waals surface area contributed by atoms with Gasteiger partial charge >= 0.3 is 0 Å². The first kappa shape index (κ1) is 16.3. The summed E-state index contributed by atoms with van der Waals surface area (Å²) in [6.45, 7) is 5.21. The van der Waals surface area contributed by atoms with E-state index in [0.29, 0.717) is 26.1 Å². The summed E-state index contributed by atoms with van der Waals surface area (Å²) < 4.78 is 27.7. The van der Waals surface area contributed by atoms with Crippen molar-refractivity contribution >= 4 is 21.6 Å². The monoisotopic (exact) mass is 336 g/mol. The Morgan fingerprint density at radius 1 is 1.22 bits per heavy atom. The molecular weight excluding hydrogens is 312 g/mol. The van der Waals surface area contributed by atoms with Crippen molar-refractivity contribution in [1.82, 2.24) is 4.90 Å². The summed E-state index contributed by atoms with van der Waals surface area (Å²) in [6.07, 6.45) is 2.14. The highest BCUT2D eigenvalue weighted by atomic mass is 32.2. The molecule has 0 bridgehead atoms. The number of piperidine rings is 1. The molecule has 0 saturated carbocycles. The van der Waals surface area contributed by atoms with E-state index in [1.807, 2.05) is 38.1 Å². The van der Waals surface area contributed by atoms with Crippen molar-refractivity contribution in [2.75, 3.05) is 23.9 Å². The molecule has 5 nitrogen and oxygen atoms in total. The molecule has 0 aliphatic carbocycles. The van der Waals surface area contributed by atoms with Gasteiger partial charge in [-0.25, -0.2) is 8.42 Å². The van der Waals surface area contributed by atoms with Gasteiger partial charge in [-0.1, -0.05) is 32.0 Å². The maximum Gasteiger partial charge on any atom is 0.239 e. The number of nitrogens with zero attached hydrogens (tertiary/aromatic N) is 2. The van der Waals surface area contributed by atoms with Gasteiger partial charge in [0, 0.05) is 25.6 Å². The molecular formula is C17H24N2O3S. The van der Waals surface area contributed by atoms with Crippen LogP contribution in [0.3, 0.4) is 0 Å². The molecule has 1 atom stereocenters. The van der Waals surface area contributed by atoms with Gasteiger partial charge in [-0.15, -0.1) is 0 Å². The predicted octanol–water partition coefficient (Wildman–Crippen LogP) is 2.03. The molecule has 2 aliphatic rings. The zero-order valence-corrected chi connectivity index (χ0v) is 14.6. The highest BCUT2D eigenvalue weighted by Crippen LogP contribution is 2.33. The number of hydrogen-bond donors (Lipinski definition) is 0. The molecule has 0 spiro atoms. The van der Waals surface area contributed by atoms with Crippen LogP contribution in [0.4, 0.5) is 5.69 Å². The molecule has 3 rings (SSSR count). The van der Waals surface area contributed by atoms with E-state index in [2.05, 4.69) is 0 Å². The number of anilines is 1. The third-order valence-electron chi connectivity index (χ3n) is 4.76. The minimum Gasteiger partial charge on any atom is -0.341 e. The Balaban J connectivity index is 1.82. The van der Waals surface area contributed by atoms with Crippen LogP contribution in [0.25, 0.3) is 0 Å². The first-order valence-corrected chi connectivity index (χ1v) is 9.80. The van der Waals surface area contributed by atoms with Crippen LogP contribution >= 0.6 is 0 Å². The highest BCUT2D eigenvalue weighted by Gasteiger charge is 2.39. The molecule has 1 aromatic rings. The molecule has 1 saturated heterocycles. The standard InChI is InChI=1S/C17H24N2O3S/c1-13(2)17(20)18-10-5-7-15(12-18)23(21,22)19-11-9-14-6-3-4-8-16(14)19/h3-4,6,8,13,15H,5,7,9-12H2,1-2H3/t15-/m1/s1. The second-order valence-corrected chi connectivity index (χ2v) is 8.84. The molecule has 1 aromatic carbocycles. The Labute approximate surface area is 138 Å². The molecule has 2 heterocycles. The van der Waals surface area contributed by atoms with E-state index in [9.17, 15) is 13.2 Å². The van der Waals surface area contributed by atoms with Gasteiger partial charge < -0.3 is 4.90 Å². The Morgan fingerprint density at radius 2 is 1.96 bits per heavy atom. The molecule has 0 N–H and O–H groups in total. The SMILES string of the molecule is CC(C)C(=O)N1CCC[C@@H](S(=O)(=O)N2CCc3ccccc32)C1. The third kappa shape index (κ3) is 2.96. The lowest BCUT2D eigenvalue weighted by atomic mass is 10.1. The Hall–Kier alpha value is -1.56. The van der Waals surface area contributed by atoms with E-state index in [0.717, 1.165) is 24.1 Å². The molecule has 23 heavy (non-hydrogen) atoms. The first-order valence-electron chi connectivity index (χ1n) is 8.29. The van der Waals surface area contributed by atoms with Crippen molar-refractivity contribution in [2.45, 2.75) is 38.4 Å². The van der Waals surface area contributed by atoms with E-state index in [-0.39, 0.29) is 11.8 Å². The molecule has 1 fully saturated rings. The van der Waals surface area contributed by atoms with Gasteiger partial charge in [0.1, 0.15) is 0 Å². The highest BCUT2D eigenvalue weighted by molar-refractivity contribution is 7.93. The van der Waals surface area contributed by atoms with Gasteiger partial charge in [-0.2, -0.15) is 0 Å². The molecule has 6 heteroatoms. The molecule has 0 aromatic heterocycles. The van der Waals surface area contributed by atoms with Gasteiger partial charge in [0.2, 0.25) is 15.9 Å². The van der Waals surface area contributed by atoms with E-state index in [1.54, 1.807) is 9.21 Å². The summed E-state index contributed by atoms with van der Waals surface area (Å²) >= 11 is 0. The van der Waals surface area contributed by atoms with Crippen molar-refractivity contribution in [2.24, 2.45) is 5.92 Å². The Kier molecular flexibility index (Phi) is 4.36. The fourth-order valence-corrected chi connectivity index (χ4v) is 5.49. The quantitative estimate of drug-likeness (QED) is 0.848. The number of para-hydroxylation sites is 1. The first-order chi connectivity index (χ1) is 10.9. The summed E-state index contributed by atoms with van der Waals surface area (Å²) in [4.78, 5) is 13.9. The third-order valence-corrected chi connectivity index (χ3v) is 6.98. The molecule has 0 unspecified atom stereocenters. The van der Waals surface area contributed by atoms with E-state index >= 15 is 0 Å². The lowest BCUT2D eigenvalue weighted by Crippen LogP contribution is -2.50. The van der Waals surface area contributed by atoms with E-state index < -0.39 is 15.3 Å². The number of benzene rings is 1. The predicted molar refractivity (Wildman–Crippen MR) is 90.9 cm³/mol. The smallest absolute Gasteiger partial charge is 0.239 e. The summed E-state index contributed by atoms with van der Waals surface area (Å²) in [6, 6.07) is 7.68. The Morgan fingerprint density at radius 3 is 2.70 bits per heavy atom. The van der Waals surface area contributed by atoms with Crippen LogP contribution in [0.1, 0.15) is 32.3 Å². The van der Waals surface area contributed by atoms with Crippen LogP contribution in [0.2, 0.25) is 0 Å². The van der Waals surface area contributed by atoms with Crippen LogP contribution in [-0.2, 0) is 21.2 Å². The number of fused-ring (bicyclic) bond motifs is 1. The number of likely N-dealkylation sites (tertiary alicyclic amines) is 1. The zero-order chi connectivity index (χ0) is 16.6. The second-order valence-electron chi connectivity index (χ2n) is 6.70. The number of rotatable bonds is 3. The summed E-state index contributed by atoms with van der Waals surface area (Å²) in [5, 5.41) is -0.495. The van der Waals surface area contributed by atoms with Gasteiger partial charge in [0.15, 0.2) is 0 Å². The van der Waals surface area contributed by atoms with Crippen molar-refractivity contribution in [1.29, 1.82) is 0 Å². The Bertz CT molecular complexity index is 700. The second kappa shape index (κ2) is 6.15. The van der Waals surface area contributed by atoms with Crippen LogP contribution in [0.15, 0.2) is 24.3 Å². The van der Waals surface area contributed by atoms with Crippen LogP contribution < -0.4 is 4.31 Å². The van der Waals surface area contributed by atoms with Crippen LogP contribution in [0, 0.1) is 5.92 Å². The molecule has 1 amide bonds. The number of carbonyl (C=O) groups excluding carboxylic acids is 1. The number of carbonyl (C=O) groups is 1. The zero-order valence-electron chi connectivity index (χ0n) is 13.7. The minimum absolute atomic E-state index is 0.0479. The molecule has 126 valence electrons. The van der Waals surface area contributed by atoms with Gasteiger partial charge in [-0.05, 0) is 30.9 Å². The fraction of sp³-hybridized carbons (Fsp3) is 0.588. The van der Waals surface area contributed by atoms with Crippen molar-refractivity contribution in [3.8, 4) is 0 Å². The van der Waals surface area contributed by atoms with Gasteiger partial charge in [-0.3, -0.25) is 9.10 Å². The molecule has 2 aliphatic heterocycles. The average molecular weight is 336 g/mol. The number of amides is 1. The normalized spacial score (nSPS) is 21.6. The summed E-state index contributed by atoms with van der Waals surface area (Å²) in [5.41, 5.74) is 1.89. The average Bonchev–Trinajstić information content (AvgIpc) is 2.99. The lowest BCUT2D eigenvalue weighted by molar-refractivity contribution is -0.135. The number of sulfonamides is 1. The van der Waals surface area contributed by atoms with Gasteiger partial charge in [0.25, 0.3) is 0 Å². The number of hydrogen-bond acceptors (Lipinski definition) is 3. The molecule has 0 radical (unpaired) electrons. The fourth-order valence-electron chi connectivity index (χ4n) is 3.50. The van der Waals surface area contributed by atoms with E-state index in [4.69, 9.17) is 0 Å². The lowest BCUT2D eigenvalue weighted by Gasteiger charge is -2.35. The van der Waals surface area contributed by atoms with Crippen LogP contribution in [-0.4, -0.2) is 44.1 Å². The maximum absolute atomic E-state index is 13.1.